The van der Waals surface area contributed by atoms with Crippen LogP contribution in [0.1, 0.15) is 37.8 Å². The first-order valence-electron chi connectivity index (χ1n) is 7.20. The van der Waals surface area contributed by atoms with Crippen LogP contribution in [0.5, 0.6) is 0 Å². The Kier molecular flexibility index (Phi) is 4.12. The maximum Gasteiger partial charge on any atom is 0.236 e. The first-order chi connectivity index (χ1) is 9.04. The Bertz CT molecular complexity index is 529. The second-order valence-corrected chi connectivity index (χ2v) is 6.20. The Labute approximate surface area is 127 Å². The highest BCUT2D eigenvalue weighted by molar-refractivity contribution is 6.07. The maximum atomic E-state index is 12.6. The molecule has 0 bridgehead atoms. The molecule has 3 rings (SSSR count). The van der Waals surface area contributed by atoms with E-state index in [1.54, 1.807) is 0 Å². The van der Waals surface area contributed by atoms with E-state index < -0.39 is 0 Å². The van der Waals surface area contributed by atoms with Crippen LogP contribution in [0.25, 0.3) is 0 Å². The number of amides is 1. The van der Waals surface area contributed by atoms with Crippen LogP contribution in [-0.4, -0.2) is 29.9 Å². The number of hydrogen-bond acceptors (Lipinski definition) is 2. The number of hydrogen-bond donors (Lipinski definition) is 1. The zero-order valence-corrected chi connectivity index (χ0v) is 13.2. The van der Waals surface area contributed by atoms with Gasteiger partial charge in [0, 0.05) is 18.3 Å². The molecule has 1 fully saturated rings. The van der Waals surface area contributed by atoms with Gasteiger partial charge in [-0.05, 0) is 57.4 Å². The van der Waals surface area contributed by atoms with E-state index in [9.17, 15) is 4.79 Å². The third kappa shape index (κ3) is 2.13. The Hall–Kier alpha value is -1.06. The summed E-state index contributed by atoms with van der Waals surface area (Å²) in [6.07, 6.45) is 2.07. The third-order valence-electron chi connectivity index (χ3n) is 4.69. The second kappa shape index (κ2) is 5.38. The van der Waals surface area contributed by atoms with Crippen LogP contribution in [0.4, 0.5) is 5.69 Å². The monoisotopic (exact) mass is 294 g/mol. The van der Waals surface area contributed by atoms with Crippen LogP contribution in [0.2, 0.25) is 0 Å². The Morgan fingerprint density at radius 1 is 1.35 bits per heavy atom. The molecule has 1 unspecified atom stereocenters. The third-order valence-corrected chi connectivity index (χ3v) is 4.69. The first kappa shape index (κ1) is 15.3. The highest BCUT2D eigenvalue weighted by Crippen LogP contribution is 2.45. The predicted molar refractivity (Wildman–Crippen MR) is 84.7 cm³/mol. The standard InChI is InChI=1S/C16H22N2O.ClH/c1-11(2)18-9-5-8-16(10-18)14-12(3)6-4-7-13(14)17-15(16)19;/h4,6-7,11H,5,8-10H2,1-3H3,(H,17,19);1H. The minimum absolute atomic E-state index is 0. The van der Waals surface area contributed by atoms with Crippen molar-refractivity contribution in [3.05, 3.63) is 29.3 Å². The van der Waals surface area contributed by atoms with E-state index >= 15 is 0 Å². The topological polar surface area (TPSA) is 32.3 Å². The lowest BCUT2D eigenvalue weighted by atomic mass is 9.73. The molecule has 20 heavy (non-hydrogen) atoms. The van der Waals surface area contributed by atoms with Crippen molar-refractivity contribution in [2.24, 2.45) is 0 Å². The number of carbonyl (C=O) groups excluding carboxylic acids is 1. The molecule has 4 heteroatoms. The molecule has 3 nitrogen and oxygen atoms in total. The number of benzene rings is 1. The number of rotatable bonds is 1. The number of piperidine rings is 1. The van der Waals surface area contributed by atoms with E-state index in [1.807, 2.05) is 12.1 Å². The summed E-state index contributed by atoms with van der Waals surface area (Å²) in [5.74, 6) is 0.196. The summed E-state index contributed by atoms with van der Waals surface area (Å²) >= 11 is 0. The fourth-order valence-corrected chi connectivity index (χ4v) is 3.68. The maximum absolute atomic E-state index is 12.6. The lowest BCUT2D eigenvalue weighted by molar-refractivity contribution is -0.123. The van der Waals surface area contributed by atoms with Crippen molar-refractivity contribution in [2.75, 3.05) is 18.4 Å². The van der Waals surface area contributed by atoms with E-state index in [1.165, 1.54) is 11.1 Å². The molecule has 110 valence electrons. The van der Waals surface area contributed by atoms with Crippen molar-refractivity contribution in [3.63, 3.8) is 0 Å². The van der Waals surface area contributed by atoms with E-state index in [-0.39, 0.29) is 23.7 Å². The van der Waals surface area contributed by atoms with Crippen molar-refractivity contribution in [1.29, 1.82) is 0 Å². The first-order valence-corrected chi connectivity index (χ1v) is 7.20. The fourth-order valence-electron chi connectivity index (χ4n) is 3.68. The van der Waals surface area contributed by atoms with Gasteiger partial charge in [0.25, 0.3) is 0 Å². The molecule has 1 saturated heterocycles. The largest absolute Gasteiger partial charge is 0.325 e. The molecule has 0 saturated carbocycles. The van der Waals surface area contributed by atoms with Crippen molar-refractivity contribution in [2.45, 2.75) is 45.1 Å². The number of carbonyl (C=O) groups is 1. The lowest BCUT2D eigenvalue weighted by Gasteiger charge is -2.41. The Morgan fingerprint density at radius 2 is 2.10 bits per heavy atom. The molecule has 1 aromatic carbocycles. The molecule has 0 radical (unpaired) electrons. The van der Waals surface area contributed by atoms with Gasteiger partial charge in [-0.15, -0.1) is 12.4 Å². The van der Waals surface area contributed by atoms with Crippen LogP contribution in [0.3, 0.4) is 0 Å². The summed E-state index contributed by atoms with van der Waals surface area (Å²) < 4.78 is 0. The quantitative estimate of drug-likeness (QED) is 0.863. The normalized spacial score (nSPS) is 25.5. The summed E-state index contributed by atoms with van der Waals surface area (Å²) in [4.78, 5) is 15.0. The smallest absolute Gasteiger partial charge is 0.236 e. The van der Waals surface area contributed by atoms with Crippen LogP contribution < -0.4 is 5.32 Å². The van der Waals surface area contributed by atoms with Gasteiger partial charge < -0.3 is 5.32 Å². The molecular weight excluding hydrogens is 272 g/mol. The van der Waals surface area contributed by atoms with Gasteiger partial charge in [0.05, 0.1) is 5.41 Å². The van der Waals surface area contributed by atoms with Gasteiger partial charge in [-0.1, -0.05) is 12.1 Å². The number of nitrogens with one attached hydrogen (secondary N) is 1. The minimum atomic E-state index is -0.316. The van der Waals surface area contributed by atoms with Gasteiger partial charge in [0.1, 0.15) is 0 Å². The van der Waals surface area contributed by atoms with Crippen LogP contribution in [0, 0.1) is 6.92 Å². The molecule has 1 aromatic rings. The van der Waals surface area contributed by atoms with Gasteiger partial charge >= 0.3 is 0 Å². The lowest BCUT2D eigenvalue weighted by Crippen LogP contribution is -2.52. The Morgan fingerprint density at radius 3 is 2.80 bits per heavy atom. The zero-order chi connectivity index (χ0) is 13.6. The summed E-state index contributed by atoms with van der Waals surface area (Å²) in [6.45, 7) is 8.51. The van der Waals surface area contributed by atoms with Crippen LogP contribution in [0.15, 0.2) is 18.2 Å². The summed E-state index contributed by atoms with van der Waals surface area (Å²) in [6, 6.07) is 6.67. The zero-order valence-electron chi connectivity index (χ0n) is 12.4. The predicted octanol–water partition coefficient (Wildman–Crippen LogP) is 3.11. The van der Waals surface area contributed by atoms with Crippen LogP contribution >= 0.6 is 12.4 Å². The van der Waals surface area contributed by atoms with E-state index in [0.717, 1.165) is 31.6 Å². The van der Waals surface area contributed by atoms with Crippen molar-refractivity contribution >= 4 is 24.0 Å². The molecule has 1 spiro atoms. The van der Waals surface area contributed by atoms with Gasteiger partial charge in [-0.25, -0.2) is 0 Å². The van der Waals surface area contributed by atoms with Crippen LogP contribution in [-0.2, 0) is 10.2 Å². The van der Waals surface area contributed by atoms with Gasteiger partial charge in [0.15, 0.2) is 0 Å². The van der Waals surface area contributed by atoms with Gasteiger partial charge in [0.2, 0.25) is 5.91 Å². The second-order valence-electron chi connectivity index (χ2n) is 6.20. The molecule has 0 aromatic heterocycles. The van der Waals surface area contributed by atoms with Crippen molar-refractivity contribution < 1.29 is 4.79 Å². The van der Waals surface area contributed by atoms with Gasteiger partial charge in [-0.2, -0.15) is 0 Å². The molecule has 1 N–H and O–H groups in total. The molecule has 2 heterocycles. The number of fused-ring (bicyclic) bond motifs is 2. The number of nitrogens with zero attached hydrogens (tertiary/aromatic N) is 1. The SMILES string of the molecule is Cc1cccc2c1C1(CCCN(C(C)C)C1)C(=O)N2.Cl. The van der Waals surface area contributed by atoms with E-state index in [2.05, 4.69) is 37.1 Å². The van der Waals surface area contributed by atoms with Crippen molar-refractivity contribution in [3.8, 4) is 0 Å². The van der Waals surface area contributed by atoms with E-state index in [4.69, 9.17) is 0 Å². The average molecular weight is 295 g/mol. The average Bonchev–Trinajstić information content (AvgIpc) is 2.64. The summed E-state index contributed by atoms with van der Waals surface area (Å²) in [7, 11) is 0. The molecule has 1 atom stereocenters. The highest BCUT2D eigenvalue weighted by Gasteiger charge is 2.50. The summed E-state index contributed by atoms with van der Waals surface area (Å²) in [5.41, 5.74) is 3.19. The Balaban J connectivity index is 0.00000147. The number of anilines is 1. The highest BCUT2D eigenvalue weighted by atomic mass is 35.5. The summed E-state index contributed by atoms with van der Waals surface area (Å²) in [5, 5.41) is 3.09. The van der Waals surface area contributed by atoms with Crippen molar-refractivity contribution in [1.82, 2.24) is 4.90 Å². The number of halogens is 1. The molecular formula is C16H23ClN2O. The molecule has 2 aliphatic heterocycles. The van der Waals surface area contributed by atoms with E-state index in [0.29, 0.717) is 6.04 Å². The number of aryl methyl sites for hydroxylation is 1. The van der Waals surface area contributed by atoms with Gasteiger partial charge in [-0.3, -0.25) is 9.69 Å². The molecule has 1 amide bonds. The molecule has 2 aliphatic rings. The molecule has 0 aliphatic carbocycles. The number of likely N-dealkylation sites (tertiary alicyclic amines) is 1. The minimum Gasteiger partial charge on any atom is -0.325 e. The fraction of sp³-hybridized carbons (Fsp3) is 0.562.